The summed E-state index contributed by atoms with van der Waals surface area (Å²) in [7, 11) is -2.63. The van der Waals surface area contributed by atoms with Gasteiger partial charge in [-0.15, -0.1) is 5.10 Å². The van der Waals surface area contributed by atoms with Crippen LogP contribution in [-0.2, 0) is 20.9 Å². The smallest absolute Gasteiger partial charge is 0.332 e. The molecule has 2 unspecified atom stereocenters. The molecule has 8 aromatic rings. The van der Waals surface area contributed by atoms with Gasteiger partial charge >= 0.3 is 12.1 Å². The molecule has 2 atom stereocenters. The van der Waals surface area contributed by atoms with E-state index in [0.29, 0.717) is 56.5 Å². The number of carbonyl (C=O) groups is 2. The van der Waals surface area contributed by atoms with Crippen LogP contribution in [0.15, 0.2) is 120 Å². The number of nitrogens with one attached hydrogen (secondary N) is 5. The van der Waals surface area contributed by atoms with E-state index in [-0.39, 0.29) is 34.0 Å². The van der Waals surface area contributed by atoms with Crippen LogP contribution in [0.3, 0.4) is 0 Å². The van der Waals surface area contributed by atoms with Crippen LogP contribution in [0.1, 0.15) is 90.4 Å². The summed E-state index contributed by atoms with van der Waals surface area (Å²) < 4.78 is 81.9. The monoisotopic (exact) mass is 1090 g/mol. The molecule has 5 heterocycles. The fourth-order valence-electron chi connectivity index (χ4n) is 7.18. The average molecular weight is 1090 g/mol. The first-order valence-electron chi connectivity index (χ1n) is 23.2. The third kappa shape index (κ3) is 14.5. The number of carbonyl (C=O) groups excluding carboxylic acids is 2. The third-order valence-electron chi connectivity index (χ3n) is 10.9. The van der Waals surface area contributed by atoms with Gasteiger partial charge in [0.15, 0.2) is 31.0 Å². The van der Waals surface area contributed by atoms with E-state index in [4.69, 9.17) is 26.0 Å². The van der Waals surface area contributed by atoms with Crippen LogP contribution in [0.5, 0.6) is 11.8 Å². The van der Waals surface area contributed by atoms with Gasteiger partial charge in [-0.2, -0.15) is 14.4 Å². The molecule has 3 aromatic carbocycles. The van der Waals surface area contributed by atoms with Crippen molar-refractivity contribution >= 4 is 67.1 Å². The highest BCUT2D eigenvalue weighted by Gasteiger charge is 2.23. The number of amides is 4. The number of ether oxygens (including phenoxy) is 2. The van der Waals surface area contributed by atoms with Crippen molar-refractivity contribution in [3.63, 3.8) is 0 Å². The molecule has 0 aliphatic heterocycles. The second kappa shape index (κ2) is 24.9. The Labute approximate surface area is 440 Å². The lowest BCUT2D eigenvalue weighted by Crippen LogP contribution is -2.34. The number of benzene rings is 3. The molecule has 75 heavy (non-hydrogen) atoms. The summed E-state index contributed by atoms with van der Waals surface area (Å²) >= 11 is 5.62. The first kappa shape index (κ1) is 56.5. The number of pyridine rings is 2. The van der Waals surface area contributed by atoms with Gasteiger partial charge in [0.1, 0.15) is 22.7 Å². The number of aromatic nitrogens is 9. The molecule has 5 N–H and O–H groups in total. The normalized spacial score (nSPS) is 12.3. The number of nitrogens with zero attached hydrogens (tertiary/aromatic N) is 9. The molecule has 20 nitrogen and oxygen atoms in total. The molecule has 5 aromatic heterocycles. The number of urea groups is 2. The molecule has 0 aliphatic carbocycles. The molecular formula is C50H57ClF2N14O6S2. The first-order chi connectivity index (χ1) is 35.6. The topological polar surface area (TPSA) is 251 Å². The molecule has 0 fully saturated rings. The van der Waals surface area contributed by atoms with E-state index < -0.39 is 44.6 Å². The zero-order valence-electron chi connectivity index (χ0n) is 42.6. The number of methoxy groups -OCH3 is 2. The Morgan fingerprint density at radius 2 is 1.21 bits per heavy atom. The molecule has 396 valence electrons. The van der Waals surface area contributed by atoms with Gasteiger partial charge in [-0.25, -0.2) is 46.3 Å². The lowest BCUT2D eigenvalue weighted by molar-refractivity contribution is 0.256. The lowest BCUT2D eigenvalue weighted by atomic mass is 9.94. The summed E-state index contributed by atoms with van der Waals surface area (Å²) in [5.74, 6) is -0.452. The van der Waals surface area contributed by atoms with E-state index in [2.05, 4.69) is 50.6 Å². The summed E-state index contributed by atoms with van der Waals surface area (Å²) in [6.07, 6.45) is 6.35. The molecule has 0 saturated heterocycles. The predicted octanol–water partition coefficient (Wildman–Crippen LogP) is 11.0. The Kier molecular flexibility index (Phi) is 18.8. The van der Waals surface area contributed by atoms with Crippen LogP contribution in [0, 0.1) is 16.4 Å². The molecule has 0 bridgehead atoms. The average Bonchev–Trinajstić information content (AvgIpc) is 4.17. The fraction of sp³-hybridized carbons (Fsp3) is 0.280. The van der Waals surface area contributed by atoms with Gasteiger partial charge in [-0.3, -0.25) is 14.1 Å². The molecule has 8 rings (SSSR count). The van der Waals surface area contributed by atoms with Crippen molar-refractivity contribution in [2.45, 2.75) is 89.4 Å². The van der Waals surface area contributed by atoms with Crippen LogP contribution in [0.2, 0.25) is 0 Å². The Hall–Kier alpha value is -7.83. The SMILES string of the molecule is COc1cc(-c2cc(F)cc(C(C)C)c2NC(=O)NS(=N)(=O)c2ccn(C(C)C)n2)ccn1.COc1cc(-c2cc(F)cc(C(C)C)c2NC(=O)NS(=O)c2ccn(C(C)C)n2)ccn1.Cln1nnc2ccccc21. The van der Waals surface area contributed by atoms with Gasteiger partial charge in [-0.1, -0.05) is 39.8 Å². The maximum atomic E-state index is 14.5. The van der Waals surface area contributed by atoms with Gasteiger partial charge < -0.3 is 20.1 Å². The number of halogens is 3. The van der Waals surface area contributed by atoms with E-state index in [1.165, 1.54) is 61.1 Å². The standard InChI is InChI=1S/C22H27FN6O3S.C22H26FN5O3S.C6H4ClN3/c1-13(2)17-11-16(23)12-18(15-6-8-25-19(10-15)32-5)21(17)26-22(30)28-33(24,31)20-7-9-29(27-20)14(3)4;1-13(2)17-11-16(23)12-18(15-6-8-24-19(10-15)31-5)21(17)25-22(29)27-32(30)20-7-9-28(26-20)14(3)4;7-10-6-4-2-1-3-5(6)8-9-10/h6-14H,1-5H3,(H3,24,26,28,30,31);6-14H,1-5H3,(H2,25,27,29);1-4H. The van der Waals surface area contributed by atoms with Crippen LogP contribution in [0.25, 0.3) is 33.3 Å². The highest BCUT2D eigenvalue weighted by molar-refractivity contribution is 7.91. The Morgan fingerprint density at radius 3 is 1.69 bits per heavy atom. The summed E-state index contributed by atoms with van der Waals surface area (Å²) in [5, 5.41) is 21.4. The summed E-state index contributed by atoms with van der Waals surface area (Å²) in [6.45, 7) is 15.2. The largest absolute Gasteiger partial charge is 0.481 e. The number of para-hydroxylation sites is 1. The Bertz CT molecular complexity index is 3440. The van der Waals surface area contributed by atoms with Crippen molar-refractivity contribution in [2.75, 3.05) is 24.9 Å². The molecule has 0 radical (unpaired) electrons. The van der Waals surface area contributed by atoms with Crippen LogP contribution in [-0.4, -0.2) is 78.7 Å². The van der Waals surface area contributed by atoms with Gasteiger partial charge in [0, 0.05) is 71.9 Å². The summed E-state index contributed by atoms with van der Waals surface area (Å²) in [5.41, 5.74) is 5.58. The maximum absolute atomic E-state index is 14.5. The minimum atomic E-state index is -3.72. The minimum absolute atomic E-state index is 0.00973. The highest BCUT2D eigenvalue weighted by Crippen LogP contribution is 2.38. The van der Waals surface area contributed by atoms with Crippen molar-refractivity contribution in [3.05, 3.63) is 132 Å². The molecule has 0 spiro atoms. The molecule has 0 aliphatic rings. The summed E-state index contributed by atoms with van der Waals surface area (Å²) in [6, 6.07) is 21.0. The van der Waals surface area contributed by atoms with Crippen molar-refractivity contribution in [1.82, 2.24) is 53.5 Å². The number of rotatable bonds is 14. The number of anilines is 2. The third-order valence-corrected chi connectivity index (χ3v) is 13.4. The lowest BCUT2D eigenvalue weighted by Gasteiger charge is -2.19. The quantitative estimate of drug-likeness (QED) is 0.0682. The van der Waals surface area contributed by atoms with Crippen molar-refractivity contribution < 1.29 is 36.3 Å². The highest BCUT2D eigenvalue weighted by atomic mass is 35.5. The van der Waals surface area contributed by atoms with Crippen LogP contribution < -0.4 is 29.6 Å². The van der Waals surface area contributed by atoms with Crippen molar-refractivity contribution in [1.29, 1.82) is 4.78 Å². The van der Waals surface area contributed by atoms with Crippen molar-refractivity contribution in [3.8, 4) is 34.0 Å². The molecule has 0 saturated carbocycles. The van der Waals surface area contributed by atoms with E-state index in [9.17, 15) is 26.8 Å². The second-order valence-corrected chi connectivity index (χ2v) is 20.9. The molecule has 25 heteroatoms. The van der Waals surface area contributed by atoms with E-state index in [1.54, 1.807) is 52.1 Å². The predicted molar refractivity (Wildman–Crippen MR) is 284 cm³/mol. The van der Waals surface area contributed by atoms with Crippen LogP contribution >= 0.6 is 11.8 Å². The first-order valence-corrected chi connectivity index (χ1v) is 26.2. The fourth-order valence-corrected chi connectivity index (χ4v) is 8.92. The Balaban J connectivity index is 0.000000205. The van der Waals surface area contributed by atoms with Gasteiger partial charge in [0.2, 0.25) is 11.8 Å². The molecular weight excluding hydrogens is 1030 g/mol. The zero-order valence-corrected chi connectivity index (χ0v) is 45.0. The van der Waals surface area contributed by atoms with Gasteiger partial charge in [-0.05, 0) is 128 Å². The Morgan fingerprint density at radius 1 is 0.707 bits per heavy atom. The van der Waals surface area contributed by atoms with Crippen molar-refractivity contribution in [2.24, 2.45) is 0 Å². The zero-order chi connectivity index (χ0) is 54.7. The second-order valence-electron chi connectivity index (χ2n) is 17.6. The summed E-state index contributed by atoms with van der Waals surface area (Å²) in [4.78, 5) is 33.7. The van der Waals surface area contributed by atoms with E-state index in [1.807, 2.05) is 79.7 Å². The number of hydrogen-bond acceptors (Lipinski definition) is 13. The van der Waals surface area contributed by atoms with Crippen LogP contribution in [0.4, 0.5) is 29.7 Å². The molecule has 4 amide bonds. The van der Waals surface area contributed by atoms with Gasteiger partial charge in [0.25, 0.3) is 0 Å². The van der Waals surface area contributed by atoms with Gasteiger partial charge in [0.05, 0.1) is 25.6 Å². The minimum Gasteiger partial charge on any atom is -0.481 e. The van der Waals surface area contributed by atoms with E-state index >= 15 is 0 Å². The number of hydrogen-bond donors (Lipinski definition) is 5. The maximum Gasteiger partial charge on any atom is 0.332 e. The van der Waals surface area contributed by atoms with E-state index in [0.717, 1.165) is 11.0 Å². The number of fused-ring (bicyclic) bond motifs is 1.